The van der Waals surface area contributed by atoms with E-state index < -0.39 is 4.92 Å². The Morgan fingerprint density at radius 3 is 2.38 bits per heavy atom. The number of hydrogen-bond acceptors (Lipinski definition) is 7. The monoisotopic (exact) mass is 466 g/mol. The first-order valence-electron chi connectivity index (χ1n) is 12.1. The van der Waals surface area contributed by atoms with Crippen LogP contribution in [0.1, 0.15) is 30.4 Å². The Morgan fingerprint density at radius 2 is 1.76 bits per heavy atom. The van der Waals surface area contributed by atoms with E-state index in [2.05, 4.69) is 51.3 Å². The van der Waals surface area contributed by atoms with Crippen molar-refractivity contribution < 1.29 is 9.72 Å². The highest BCUT2D eigenvalue weighted by atomic mass is 16.6. The van der Waals surface area contributed by atoms with Crippen LogP contribution in [0.5, 0.6) is 0 Å². The number of anilines is 2. The van der Waals surface area contributed by atoms with Gasteiger partial charge in [0.05, 0.1) is 4.92 Å². The van der Waals surface area contributed by atoms with E-state index in [0.29, 0.717) is 17.8 Å². The van der Waals surface area contributed by atoms with E-state index >= 15 is 0 Å². The highest BCUT2D eigenvalue weighted by Crippen LogP contribution is 2.22. The molecule has 2 aliphatic rings. The lowest BCUT2D eigenvalue weighted by Crippen LogP contribution is -2.48. The third kappa shape index (κ3) is 6.02. The third-order valence-corrected chi connectivity index (χ3v) is 6.89. The average molecular weight is 467 g/mol. The molecule has 4 rings (SSSR count). The van der Waals surface area contributed by atoms with E-state index in [9.17, 15) is 14.9 Å². The van der Waals surface area contributed by atoms with Crippen LogP contribution < -0.4 is 10.2 Å². The summed E-state index contributed by atoms with van der Waals surface area (Å²) in [5.41, 5.74) is 3.17. The molecule has 0 spiro atoms. The number of carbonyl (C=O) groups excluding carboxylic acids is 1. The number of rotatable bonds is 7. The summed E-state index contributed by atoms with van der Waals surface area (Å²) >= 11 is 0. The van der Waals surface area contributed by atoms with Gasteiger partial charge in [0, 0.05) is 69.5 Å². The van der Waals surface area contributed by atoms with Gasteiger partial charge in [-0.1, -0.05) is 17.7 Å². The van der Waals surface area contributed by atoms with Crippen LogP contribution >= 0.6 is 0 Å². The second-order valence-electron chi connectivity index (χ2n) is 9.33. The molecule has 0 saturated carbocycles. The first-order valence-corrected chi connectivity index (χ1v) is 12.1. The minimum atomic E-state index is -0.417. The van der Waals surface area contributed by atoms with Crippen molar-refractivity contribution in [2.24, 2.45) is 0 Å². The standard InChI is InChI=1S/C25H34N6O3/c1-19-3-5-22(6-4-19)29-15-13-28(14-16-29)10-9-25(32)30-11-7-21(8-12-30)27-24-17-20(2)23(18-26-24)31(33)34/h3-6,17-18,21H,7-16H2,1-2H3,(H,26,27). The second-order valence-corrected chi connectivity index (χ2v) is 9.33. The van der Waals surface area contributed by atoms with Gasteiger partial charge >= 0.3 is 0 Å². The van der Waals surface area contributed by atoms with Crippen LogP contribution in [0.25, 0.3) is 0 Å². The third-order valence-electron chi connectivity index (χ3n) is 6.89. The lowest BCUT2D eigenvalue weighted by molar-refractivity contribution is -0.385. The predicted molar refractivity (Wildman–Crippen MR) is 133 cm³/mol. The van der Waals surface area contributed by atoms with Crippen LogP contribution in [0.4, 0.5) is 17.2 Å². The Hall–Kier alpha value is -3.20. The summed E-state index contributed by atoms with van der Waals surface area (Å²) in [5, 5.41) is 14.3. The van der Waals surface area contributed by atoms with Gasteiger partial charge in [0.1, 0.15) is 12.0 Å². The van der Waals surface area contributed by atoms with Gasteiger partial charge < -0.3 is 15.1 Å². The lowest BCUT2D eigenvalue weighted by atomic mass is 10.0. The maximum Gasteiger partial charge on any atom is 0.290 e. The maximum absolute atomic E-state index is 12.8. The number of benzene rings is 1. The van der Waals surface area contributed by atoms with Crippen molar-refractivity contribution in [1.29, 1.82) is 0 Å². The van der Waals surface area contributed by atoms with Crippen molar-refractivity contribution in [2.75, 3.05) is 56.0 Å². The fourth-order valence-electron chi connectivity index (χ4n) is 4.70. The molecule has 0 unspecified atom stereocenters. The van der Waals surface area contributed by atoms with Crippen LogP contribution in [-0.2, 0) is 4.79 Å². The van der Waals surface area contributed by atoms with Gasteiger partial charge in [0.15, 0.2) is 0 Å². The molecule has 0 radical (unpaired) electrons. The number of nitrogens with one attached hydrogen (secondary N) is 1. The number of carbonyl (C=O) groups is 1. The van der Waals surface area contributed by atoms with Gasteiger partial charge in [0.2, 0.25) is 5.91 Å². The number of aryl methyl sites for hydroxylation is 2. The lowest BCUT2D eigenvalue weighted by Gasteiger charge is -2.37. The van der Waals surface area contributed by atoms with Crippen LogP contribution in [0.15, 0.2) is 36.5 Å². The van der Waals surface area contributed by atoms with Gasteiger partial charge in [-0.2, -0.15) is 0 Å². The van der Waals surface area contributed by atoms with Crippen LogP contribution in [0, 0.1) is 24.0 Å². The summed E-state index contributed by atoms with van der Waals surface area (Å²) in [6.07, 6.45) is 3.56. The number of likely N-dealkylation sites (tertiary alicyclic amines) is 1. The molecule has 9 nitrogen and oxygen atoms in total. The number of nitro groups is 1. The summed E-state index contributed by atoms with van der Waals surface area (Å²) in [4.78, 5) is 34.3. The fraction of sp³-hybridized carbons (Fsp3) is 0.520. The summed E-state index contributed by atoms with van der Waals surface area (Å²) in [5.74, 6) is 0.876. The van der Waals surface area contributed by atoms with Crippen molar-refractivity contribution >= 4 is 23.1 Å². The Labute approximate surface area is 200 Å². The van der Waals surface area contributed by atoms with E-state index in [0.717, 1.165) is 58.7 Å². The Balaban J connectivity index is 1.16. The molecule has 2 aliphatic heterocycles. The van der Waals surface area contributed by atoms with Gasteiger partial charge in [-0.25, -0.2) is 4.98 Å². The normalized spacial score (nSPS) is 17.6. The van der Waals surface area contributed by atoms with Crippen LogP contribution in [0.3, 0.4) is 0 Å². The molecule has 1 aromatic heterocycles. The van der Waals surface area contributed by atoms with Gasteiger partial charge in [-0.3, -0.25) is 19.8 Å². The minimum Gasteiger partial charge on any atom is -0.369 e. The van der Waals surface area contributed by atoms with Crippen molar-refractivity contribution in [2.45, 2.75) is 39.2 Å². The van der Waals surface area contributed by atoms with Crippen LogP contribution in [-0.4, -0.2) is 77.5 Å². The second kappa shape index (κ2) is 10.8. The molecule has 0 aliphatic carbocycles. The molecule has 9 heteroatoms. The first kappa shape index (κ1) is 23.9. The molecular weight excluding hydrogens is 432 g/mol. The minimum absolute atomic E-state index is 0.0301. The average Bonchev–Trinajstić information content (AvgIpc) is 2.84. The molecule has 2 fully saturated rings. The summed E-state index contributed by atoms with van der Waals surface area (Å²) in [6.45, 7) is 10.0. The van der Waals surface area contributed by atoms with E-state index in [1.54, 1.807) is 13.0 Å². The van der Waals surface area contributed by atoms with Gasteiger partial charge in [-0.15, -0.1) is 0 Å². The van der Waals surface area contributed by atoms with E-state index in [4.69, 9.17) is 0 Å². The summed E-state index contributed by atoms with van der Waals surface area (Å²) in [6, 6.07) is 10.6. The van der Waals surface area contributed by atoms with E-state index in [1.807, 2.05) is 4.90 Å². The number of amides is 1. The topological polar surface area (TPSA) is 94.8 Å². The molecule has 1 amide bonds. The molecule has 0 bridgehead atoms. The van der Waals surface area contributed by atoms with Crippen molar-refractivity contribution in [3.8, 4) is 0 Å². The Bertz CT molecular complexity index is 996. The molecule has 1 aromatic carbocycles. The number of piperidine rings is 1. The number of piperazine rings is 1. The molecule has 2 aromatic rings. The zero-order chi connectivity index (χ0) is 24.1. The maximum atomic E-state index is 12.8. The number of hydrogen-bond donors (Lipinski definition) is 1. The molecule has 182 valence electrons. The van der Waals surface area contributed by atoms with Crippen molar-refractivity contribution in [1.82, 2.24) is 14.8 Å². The zero-order valence-electron chi connectivity index (χ0n) is 20.1. The van der Waals surface area contributed by atoms with E-state index in [-0.39, 0.29) is 17.6 Å². The predicted octanol–water partition coefficient (Wildman–Crippen LogP) is 3.22. The molecule has 1 N–H and O–H groups in total. The molecule has 34 heavy (non-hydrogen) atoms. The fourth-order valence-corrected chi connectivity index (χ4v) is 4.70. The van der Waals surface area contributed by atoms with Crippen molar-refractivity contribution in [3.05, 3.63) is 57.8 Å². The molecular formula is C25H34N6O3. The van der Waals surface area contributed by atoms with Gasteiger partial charge in [0.25, 0.3) is 5.69 Å². The van der Waals surface area contributed by atoms with Gasteiger partial charge in [-0.05, 0) is 44.9 Å². The Morgan fingerprint density at radius 1 is 1.09 bits per heavy atom. The Kier molecular flexibility index (Phi) is 7.62. The zero-order valence-corrected chi connectivity index (χ0v) is 20.1. The molecule has 0 atom stereocenters. The quantitative estimate of drug-likeness (QED) is 0.494. The molecule has 3 heterocycles. The number of aromatic nitrogens is 1. The number of nitrogens with zero attached hydrogens (tertiary/aromatic N) is 5. The summed E-state index contributed by atoms with van der Waals surface area (Å²) in [7, 11) is 0. The molecule has 2 saturated heterocycles. The van der Waals surface area contributed by atoms with E-state index in [1.165, 1.54) is 17.4 Å². The first-order chi connectivity index (χ1) is 16.4. The summed E-state index contributed by atoms with van der Waals surface area (Å²) < 4.78 is 0. The van der Waals surface area contributed by atoms with Crippen molar-refractivity contribution in [3.63, 3.8) is 0 Å². The SMILES string of the molecule is Cc1ccc(N2CCN(CCC(=O)N3CCC(Nc4cc(C)c([N+](=O)[O-])cn4)CC3)CC2)cc1. The largest absolute Gasteiger partial charge is 0.369 e. The number of pyridine rings is 1. The highest BCUT2D eigenvalue weighted by molar-refractivity contribution is 5.76. The smallest absolute Gasteiger partial charge is 0.290 e. The highest BCUT2D eigenvalue weighted by Gasteiger charge is 2.24. The van der Waals surface area contributed by atoms with Crippen LogP contribution in [0.2, 0.25) is 0 Å².